The fourth-order valence-electron chi connectivity index (χ4n) is 8.78. The van der Waals surface area contributed by atoms with E-state index in [2.05, 4.69) is 36.2 Å². The van der Waals surface area contributed by atoms with E-state index < -0.39 is 41.2 Å². The monoisotopic (exact) mass is 506 g/mol. The minimum atomic E-state index is -2.46. The van der Waals surface area contributed by atoms with Crippen molar-refractivity contribution in [2.45, 2.75) is 80.3 Å². The second-order valence-electron chi connectivity index (χ2n) is 12.5. The number of hydrogen-bond donors (Lipinski definition) is 3. The Labute approximate surface area is 216 Å². The first-order chi connectivity index (χ1) is 17.6. The maximum Gasteiger partial charge on any atom is 0.197 e. The molecule has 0 amide bonds. The van der Waals surface area contributed by atoms with E-state index in [1.54, 1.807) is 0 Å². The summed E-state index contributed by atoms with van der Waals surface area (Å²) in [4.78, 5) is 6.05. The van der Waals surface area contributed by atoms with Crippen molar-refractivity contribution in [1.29, 1.82) is 0 Å². The predicted molar refractivity (Wildman–Crippen MR) is 138 cm³/mol. The molecule has 1 saturated carbocycles. The summed E-state index contributed by atoms with van der Waals surface area (Å²) >= 11 is 0. The van der Waals surface area contributed by atoms with Gasteiger partial charge in [0.1, 0.15) is 17.8 Å². The van der Waals surface area contributed by atoms with Crippen LogP contribution in [-0.4, -0.2) is 80.5 Å². The largest absolute Gasteiger partial charge is 0.389 e. The lowest BCUT2D eigenvalue weighted by molar-refractivity contribution is -0.308. The number of benzene rings is 1. The third kappa shape index (κ3) is 2.74. The SMILES string of the molecule is CN(C)C1CC23CCC4(O2)C(=CCC2(C)C(c5ccc6cnccc6c5)=CCC24)C(O)C3(F)C(O)C1O. The summed E-state index contributed by atoms with van der Waals surface area (Å²) in [5, 5.41) is 35.8. The fraction of sp³-hybridized carbons (Fsp3) is 0.567. The molecule has 5 aliphatic rings. The Bertz CT molecular complexity index is 1360. The molecule has 0 radical (unpaired) electrons. The van der Waals surface area contributed by atoms with Gasteiger partial charge in [-0.05, 0) is 80.4 Å². The van der Waals surface area contributed by atoms with E-state index >= 15 is 4.39 Å². The number of aliphatic hydroxyl groups is 3. The number of allylic oxidation sites excluding steroid dienone is 3. The molecule has 7 heteroatoms. The number of likely N-dealkylation sites (N-methyl/N-ethyl adjacent to an activating group) is 1. The second-order valence-corrected chi connectivity index (χ2v) is 12.5. The van der Waals surface area contributed by atoms with Gasteiger partial charge in [0.2, 0.25) is 0 Å². The highest BCUT2D eigenvalue weighted by Gasteiger charge is 2.79. The molecule has 3 N–H and O–H groups in total. The van der Waals surface area contributed by atoms with Gasteiger partial charge in [-0.25, -0.2) is 4.39 Å². The molecule has 2 spiro atoms. The number of alkyl halides is 1. The van der Waals surface area contributed by atoms with Crippen LogP contribution in [0.2, 0.25) is 0 Å². The second kappa shape index (κ2) is 7.48. The van der Waals surface area contributed by atoms with Crippen molar-refractivity contribution in [1.82, 2.24) is 9.88 Å². The third-order valence-electron chi connectivity index (χ3n) is 10.7. The molecule has 7 rings (SSSR count). The van der Waals surface area contributed by atoms with Gasteiger partial charge in [-0.15, -0.1) is 0 Å². The van der Waals surface area contributed by atoms with E-state index in [0.29, 0.717) is 24.8 Å². The van der Waals surface area contributed by atoms with E-state index in [1.807, 2.05) is 43.5 Å². The van der Waals surface area contributed by atoms with Crippen molar-refractivity contribution >= 4 is 16.3 Å². The molecule has 37 heavy (non-hydrogen) atoms. The Morgan fingerprint density at radius 2 is 1.89 bits per heavy atom. The van der Waals surface area contributed by atoms with Crippen molar-refractivity contribution in [2.24, 2.45) is 11.3 Å². The van der Waals surface area contributed by atoms with Gasteiger partial charge < -0.3 is 25.0 Å². The van der Waals surface area contributed by atoms with Crippen LogP contribution in [0, 0.1) is 11.3 Å². The molecule has 2 bridgehead atoms. The maximum absolute atomic E-state index is 17.0. The number of aliphatic hydroxyl groups excluding tert-OH is 3. The highest BCUT2D eigenvalue weighted by molar-refractivity contribution is 5.87. The zero-order valence-corrected chi connectivity index (χ0v) is 21.6. The van der Waals surface area contributed by atoms with Gasteiger partial charge in [0.05, 0.1) is 11.7 Å². The Balaban J connectivity index is 1.32. The van der Waals surface area contributed by atoms with Crippen LogP contribution in [-0.2, 0) is 4.74 Å². The highest BCUT2D eigenvalue weighted by atomic mass is 19.1. The van der Waals surface area contributed by atoms with Crippen molar-refractivity contribution in [3.8, 4) is 0 Å². The molecule has 3 heterocycles. The van der Waals surface area contributed by atoms with E-state index in [-0.39, 0.29) is 17.8 Å². The molecule has 196 valence electrons. The number of ether oxygens (including phenoxy) is 1. The summed E-state index contributed by atoms with van der Waals surface area (Å²) in [5.74, 6) is 0.0449. The third-order valence-corrected chi connectivity index (χ3v) is 10.7. The van der Waals surface area contributed by atoms with Gasteiger partial charge in [-0.1, -0.05) is 31.2 Å². The molecule has 9 unspecified atom stereocenters. The van der Waals surface area contributed by atoms with Crippen molar-refractivity contribution in [2.75, 3.05) is 14.1 Å². The van der Waals surface area contributed by atoms with Crippen LogP contribution in [0.15, 0.2) is 54.4 Å². The van der Waals surface area contributed by atoms with Crippen molar-refractivity contribution in [3.05, 3.63) is 59.9 Å². The molecule has 2 aromatic rings. The molecule has 2 saturated heterocycles. The van der Waals surface area contributed by atoms with Crippen LogP contribution in [0.3, 0.4) is 0 Å². The first-order valence-electron chi connectivity index (χ1n) is 13.4. The number of fused-ring (bicyclic) bond motifs is 2. The zero-order valence-electron chi connectivity index (χ0n) is 21.6. The van der Waals surface area contributed by atoms with Gasteiger partial charge in [-0.2, -0.15) is 0 Å². The summed E-state index contributed by atoms with van der Waals surface area (Å²) in [7, 11) is 3.64. The summed E-state index contributed by atoms with van der Waals surface area (Å²) in [6.45, 7) is 2.27. The Morgan fingerprint density at radius 3 is 2.68 bits per heavy atom. The van der Waals surface area contributed by atoms with Gasteiger partial charge >= 0.3 is 0 Å². The van der Waals surface area contributed by atoms with Crippen molar-refractivity contribution in [3.63, 3.8) is 0 Å². The Kier molecular flexibility index (Phi) is 4.84. The highest BCUT2D eigenvalue weighted by Crippen LogP contribution is 2.70. The van der Waals surface area contributed by atoms with Crippen LogP contribution in [0.25, 0.3) is 16.3 Å². The number of hydrogen-bond acceptors (Lipinski definition) is 6. The minimum Gasteiger partial charge on any atom is -0.389 e. The molecule has 3 fully saturated rings. The summed E-state index contributed by atoms with van der Waals surface area (Å²) in [6.07, 6.45) is 6.04. The zero-order chi connectivity index (χ0) is 26.0. The standard InChI is InChI=1S/C30H35FN2O4/c1-27-10-8-21-25(35)30(31)26(36)24(34)22(33(2)3)15-28(30)11-12-29(21,37-28)23(27)7-6-20(27)18-4-5-19-16-32-13-9-17(19)14-18/h4-6,8-9,13-14,16,22-26,34-36H,7,10-12,15H2,1-3H3. The van der Waals surface area contributed by atoms with Crippen LogP contribution < -0.4 is 0 Å². The smallest absolute Gasteiger partial charge is 0.197 e. The van der Waals surface area contributed by atoms with Crippen molar-refractivity contribution < 1.29 is 24.4 Å². The lowest BCUT2D eigenvalue weighted by atomic mass is 9.55. The molecular weight excluding hydrogens is 471 g/mol. The van der Waals surface area contributed by atoms with Crippen LogP contribution in [0.1, 0.15) is 44.6 Å². The Hall–Kier alpha value is -2.16. The number of halogens is 1. The Morgan fingerprint density at radius 1 is 1.08 bits per heavy atom. The topological polar surface area (TPSA) is 86.1 Å². The molecule has 1 aromatic carbocycles. The van der Waals surface area contributed by atoms with E-state index in [4.69, 9.17) is 4.74 Å². The minimum absolute atomic E-state index is 0.0449. The van der Waals surface area contributed by atoms with Crippen LogP contribution in [0.4, 0.5) is 4.39 Å². The molecule has 6 nitrogen and oxygen atoms in total. The number of rotatable bonds is 2. The van der Waals surface area contributed by atoms with E-state index in [9.17, 15) is 15.3 Å². The predicted octanol–water partition coefficient (Wildman–Crippen LogP) is 3.40. The van der Waals surface area contributed by atoms with Crippen LogP contribution in [0.5, 0.6) is 0 Å². The van der Waals surface area contributed by atoms with Gasteiger partial charge in [0.25, 0.3) is 0 Å². The summed E-state index contributed by atoms with van der Waals surface area (Å²) < 4.78 is 24.0. The fourth-order valence-corrected chi connectivity index (χ4v) is 8.78. The molecule has 2 aliphatic heterocycles. The number of pyridine rings is 1. The summed E-state index contributed by atoms with van der Waals surface area (Å²) in [6, 6.07) is 8.04. The average molecular weight is 507 g/mol. The number of nitrogens with zero attached hydrogens (tertiary/aromatic N) is 2. The van der Waals surface area contributed by atoms with Gasteiger partial charge in [0.15, 0.2) is 5.67 Å². The molecule has 3 aliphatic carbocycles. The maximum atomic E-state index is 17.0. The van der Waals surface area contributed by atoms with E-state index in [1.165, 1.54) is 11.1 Å². The van der Waals surface area contributed by atoms with Gasteiger partial charge in [-0.3, -0.25) is 4.98 Å². The molecular formula is C30H35FN2O4. The molecule has 9 atom stereocenters. The van der Waals surface area contributed by atoms with E-state index in [0.717, 1.165) is 17.2 Å². The first kappa shape index (κ1) is 23.9. The summed E-state index contributed by atoms with van der Waals surface area (Å²) in [5.41, 5.74) is -1.85. The normalized spacial score (nSPS) is 46.3. The van der Waals surface area contributed by atoms with Crippen LogP contribution >= 0.6 is 0 Å². The van der Waals surface area contributed by atoms with Gasteiger partial charge in [0, 0.05) is 35.2 Å². The quantitative estimate of drug-likeness (QED) is 0.542. The molecule has 1 aromatic heterocycles. The lowest BCUT2D eigenvalue weighted by Crippen LogP contribution is -2.78. The number of aromatic nitrogens is 1. The first-order valence-corrected chi connectivity index (χ1v) is 13.4. The lowest BCUT2D eigenvalue weighted by Gasteiger charge is -2.62. The average Bonchev–Trinajstić information content (AvgIpc) is 3.42.